The summed E-state index contributed by atoms with van der Waals surface area (Å²) in [6.45, 7) is 0.365. The molecule has 2 atom stereocenters. The maximum atomic E-state index is 9.70. The number of benzene rings is 1. The van der Waals surface area contributed by atoms with E-state index in [0.29, 0.717) is 12.1 Å². The molecule has 0 aromatic heterocycles. The maximum Gasteiger partial charge on any atom is 0.106 e. The van der Waals surface area contributed by atoms with Crippen LogP contribution in [0, 0.1) is 0 Å². The predicted molar refractivity (Wildman–Crippen MR) is 58.6 cm³/mol. The van der Waals surface area contributed by atoms with Gasteiger partial charge in [-0.05, 0) is 24.7 Å². The molecule has 14 heavy (non-hydrogen) atoms. The van der Waals surface area contributed by atoms with Crippen molar-refractivity contribution in [1.82, 2.24) is 5.32 Å². The third-order valence-electron chi connectivity index (χ3n) is 2.01. The van der Waals surface area contributed by atoms with E-state index in [-0.39, 0.29) is 0 Å². The molecule has 4 heteroatoms. The lowest BCUT2D eigenvalue weighted by Crippen LogP contribution is -2.29. The number of nitrogens with one attached hydrogen (secondary N) is 1. The molecule has 0 saturated heterocycles. The fraction of sp³-hybridized carbons (Fsp3) is 0.400. The summed E-state index contributed by atoms with van der Waals surface area (Å²) in [7, 11) is 1.73. The SMILES string of the molecule is CNCC(O)C(O)c1ccc(S)cc1. The standard InChI is InChI=1S/C10H15NO2S/c1-11-6-9(12)10(13)7-2-4-8(14)5-3-7/h2-5,9-14H,6H2,1H3. The van der Waals surface area contributed by atoms with Crippen molar-refractivity contribution >= 4 is 12.6 Å². The Labute approximate surface area is 89.2 Å². The number of aliphatic hydroxyl groups excluding tert-OH is 2. The van der Waals surface area contributed by atoms with Crippen LogP contribution >= 0.6 is 12.6 Å². The van der Waals surface area contributed by atoms with Gasteiger partial charge >= 0.3 is 0 Å². The molecule has 0 fully saturated rings. The first-order chi connectivity index (χ1) is 6.65. The Kier molecular flexibility index (Phi) is 4.41. The summed E-state index contributed by atoms with van der Waals surface area (Å²) in [6, 6.07) is 7.08. The van der Waals surface area contributed by atoms with E-state index in [2.05, 4.69) is 17.9 Å². The molecule has 0 radical (unpaired) electrons. The second kappa shape index (κ2) is 5.36. The monoisotopic (exact) mass is 213 g/mol. The van der Waals surface area contributed by atoms with Gasteiger partial charge in [-0.2, -0.15) is 0 Å². The van der Waals surface area contributed by atoms with E-state index in [1.165, 1.54) is 0 Å². The van der Waals surface area contributed by atoms with Crippen LogP contribution in [-0.2, 0) is 0 Å². The van der Waals surface area contributed by atoms with Crippen LogP contribution in [0.1, 0.15) is 11.7 Å². The number of likely N-dealkylation sites (N-methyl/N-ethyl adjacent to an activating group) is 1. The van der Waals surface area contributed by atoms with Gasteiger partial charge in [-0.3, -0.25) is 0 Å². The van der Waals surface area contributed by atoms with Crippen LogP contribution in [0.3, 0.4) is 0 Å². The molecule has 1 aromatic carbocycles. The Hall–Kier alpha value is -0.550. The number of aliphatic hydroxyl groups is 2. The first-order valence-corrected chi connectivity index (χ1v) is 4.89. The Morgan fingerprint density at radius 1 is 1.29 bits per heavy atom. The van der Waals surface area contributed by atoms with E-state index in [1.54, 1.807) is 31.3 Å². The fourth-order valence-corrected chi connectivity index (χ4v) is 1.36. The van der Waals surface area contributed by atoms with Gasteiger partial charge in [0.1, 0.15) is 6.10 Å². The highest BCUT2D eigenvalue weighted by atomic mass is 32.1. The lowest BCUT2D eigenvalue weighted by atomic mass is 10.0. The van der Waals surface area contributed by atoms with E-state index in [0.717, 1.165) is 4.90 Å². The molecule has 0 saturated carbocycles. The van der Waals surface area contributed by atoms with Gasteiger partial charge in [0.25, 0.3) is 0 Å². The van der Waals surface area contributed by atoms with Crippen LogP contribution < -0.4 is 5.32 Å². The quantitative estimate of drug-likeness (QED) is 0.554. The number of rotatable bonds is 4. The van der Waals surface area contributed by atoms with Crippen LogP contribution in [0.25, 0.3) is 0 Å². The smallest absolute Gasteiger partial charge is 0.106 e. The molecule has 0 aliphatic rings. The van der Waals surface area contributed by atoms with Crippen LogP contribution in [0.15, 0.2) is 29.2 Å². The summed E-state index contributed by atoms with van der Waals surface area (Å²) in [6.07, 6.45) is -1.64. The lowest BCUT2D eigenvalue weighted by Gasteiger charge is -2.17. The molecular formula is C10H15NO2S. The van der Waals surface area contributed by atoms with E-state index in [9.17, 15) is 10.2 Å². The number of hydrogen-bond acceptors (Lipinski definition) is 4. The zero-order valence-corrected chi connectivity index (χ0v) is 8.91. The molecule has 0 amide bonds. The van der Waals surface area contributed by atoms with Gasteiger partial charge in [0.15, 0.2) is 0 Å². The summed E-state index contributed by atoms with van der Waals surface area (Å²) in [5.41, 5.74) is 0.700. The summed E-state index contributed by atoms with van der Waals surface area (Å²) in [4.78, 5) is 0.837. The average Bonchev–Trinajstić information content (AvgIpc) is 2.18. The predicted octanol–water partition coefficient (Wildman–Crippen LogP) is 0.589. The molecule has 3 N–H and O–H groups in total. The first kappa shape index (κ1) is 11.5. The van der Waals surface area contributed by atoms with Gasteiger partial charge in [0, 0.05) is 11.4 Å². The minimum atomic E-state index is -0.851. The normalized spacial score (nSPS) is 15.1. The molecule has 1 aromatic rings. The summed E-state index contributed by atoms with van der Waals surface area (Å²) < 4.78 is 0. The van der Waals surface area contributed by atoms with Crippen molar-refractivity contribution in [3.05, 3.63) is 29.8 Å². The third-order valence-corrected chi connectivity index (χ3v) is 2.31. The average molecular weight is 213 g/mol. The van der Waals surface area contributed by atoms with Crippen LogP contribution in [0.4, 0.5) is 0 Å². The zero-order valence-electron chi connectivity index (χ0n) is 8.01. The van der Waals surface area contributed by atoms with Crippen molar-refractivity contribution in [2.24, 2.45) is 0 Å². The van der Waals surface area contributed by atoms with E-state index >= 15 is 0 Å². The largest absolute Gasteiger partial charge is 0.389 e. The molecule has 0 heterocycles. The van der Waals surface area contributed by atoms with Gasteiger partial charge < -0.3 is 15.5 Å². The topological polar surface area (TPSA) is 52.5 Å². The van der Waals surface area contributed by atoms with Crippen LogP contribution in [0.5, 0.6) is 0 Å². The second-order valence-corrected chi connectivity index (χ2v) is 3.68. The molecule has 0 spiro atoms. The van der Waals surface area contributed by atoms with Crippen molar-refractivity contribution in [3.63, 3.8) is 0 Å². The van der Waals surface area contributed by atoms with Gasteiger partial charge in [-0.1, -0.05) is 12.1 Å². The van der Waals surface area contributed by atoms with E-state index < -0.39 is 12.2 Å². The van der Waals surface area contributed by atoms with Crippen molar-refractivity contribution in [2.75, 3.05) is 13.6 Å². The van der Waals surface area contributed by atoms with Crippen LogP contribution in [0.2, 0.25) is 0 Å². The highest BCUT2D eigenvalue weighted by Gasteiger charge is 2.16. The first-order valence-electron chi connectivity index (χ1n) is 4.45. The van der Waals surface area contributed by atoms with Gasteiger partial charge in [-0.25, -0.2) is 0 Å². The molecule has 2 unspecified atom stereocenters. The molecule has 78 valence electrons. The minimum absolute atomic E-state index is 0.365. The number of hydrogen-bond donors (Lipinski definition) is 4. The highest BCUT2D eigenvalue weighted by molar-refractivity contribution is 7.80. The number of thiol groups is 1. The minimum Gasteiger partial charge on any atom is -0.389 e. The zero-order chi connectivity index (χ0) is 10.6. The molecule has 1 rings (SSSR count). The molecule has 0 aliphatic carbocycles. The van der Waals surface area contributed by atoms with Crippen molar-refractivity contribution in [2.45, 2.75) is 17.1 Å². The maximum absolute atomic E-state index is 9.70. The Balaban J connectivity index is 2.68. The lowest BCUT2D eigenvalue weighted by molar-refractivity contribution is 0.0202. The van der Waals surface area contributed by atoms with E-state index in [4.69, 9.17) is 0 Å². The Morgan fingerprint density at radius 3 is 2.36 bits per heavy atom. The summed E-state index contributed by atoms with van der Waals surface area (Å²) in [5.74, 6) is 0. The van der Waals surface area contributed by atoms with Crippen molar-refractivity contribution in [1.29, 1.82) is 0 Å². The third kappa shape index (κ3) is 2.99. The Bertz CT molecular complexity index is 276. The molecule has 3 nitrogen and oxygen atoms in total. The Morgan fingerprint density at radius 2 is 1.86 bits per heavy atom. The van der Waals surface area contributed by atoms with Crippen molar-refractivity contribution in [3.8, 4) is 0 Å². The fourth-order valence-electron chi connectivity index (χ4n) is 1.21. The highest BCUT2D eigenvalue weighted by Crippen LogP contribution is 2.18. The van der Waals surface area contributed by atoms with Gasteiger partial charge in [0.05, 0.1) is 6.10 Å². The molecule has 0 bridgehead atoms. The molecule has 0 aliphatic heterocycles. The van der Waals surface area contributed by atoms with Crippen molar-refractivity contribution < 1.29 is 10.2 Å². The van der Waals surface area contributed by atoms with Gasteiger partial charge in [-0.15, -0.1) is 12.6 Å². The van der Waals surface area contributed by atoms with Gasteiger partial charge in [0.2, 0.25) is 0 Å². The molecular weight excluding hydrogens is 198 g/mol. The van der Waals surface area contributed by atoms with E-state index in [1.807, 2.05) is 0 Å². The second-order valence-electron chi connectivity index (χ2n) is 3.16. The summed E-state index contributed by atoms with van der Waals surface area (Å²) in [5, 5.41) is 22.0. The van der Waals surface area contributed by atoms with Crippen LogP contribution in [-0.4, -0.2) is 29.9 Å². The summed E-state index contributed by atoms with van der Waals surface area (Å²) >= 11 is 4.14.